The van der Waals surface area contributed by atoms with Crippen LogP contribution in [0.1, 0.15) is 15.9 Å². The van der Waals surface area contributed by atoms with Crippen LogP contribution >= 0.6 is 11.8 Å². The van der Waals surface area contributed by atoms with Gasteiger partial charge in [0.2, 0.25) is 0 Å². The van der Waals surface area contributed by atoms with Gasteiger partial charge in [0, 0.05) is 11.8 Å². The van der Waals surface area contributed by atoms with Crippen LogP contribution in [0.5, 0.6) is 5.75 Å². The second-order valence-electron chi connectivity index (χ2n) is 4.57. The Morgan fingerprint density at radius 2 is 1.87 bits per heavy atom. The van der Waals surface area contributed by atoms with E-state index in [2.05, 4.69) is 4.74 Å². The van der Waals surface area contributed by atoms with E-state index in [-0.39, 0.29) is 11.3 Å². The first-order valence-corrected chi connectivity index (χ1v) is 7.66. The van der Waals surface area contributed by atoms with Gasteiger partial charge in [0.05, 0.1) is 29.6 Å². The average molecular weight is 333 g/mol. The minimum absolute atomic E-state index is 0.0313. The van der Waals surface area contributed by atoms with Crippen LogP contribution in [0.15, 0.2) is 47.4 Å². The Labute approximate surface area is 137 Å². The van der Waals surface area contributed by atoms with Crippen LogP contribution in [0.4, 0.5) is 5.69 Å². The number of ether oxygens (including phenoxy) is 2. The maximum atomic E-state index is 11.6. The van der Waals surface area contributed by atoms with E-state index in [0.717, 1.165) is 11.3 Å². The largest absolute Gasteiger partial charge is 0.497 e. The summed E-state index contributed by atoms with van der Waals surface area (Å²) in [6, 6.07) is 11.6. The van der Waals surface area contributed by atoms with Gasteiger partial charge in [0.25, 0.3) is 5.69 Å². The van der Waals surface area contributed by atoms with Gasteiger partial charge in [-0.1, -0.05) is 12.1 Å². The summed E-state index contributed by atoms with van der Waals surface area (Å²) >= 11 is 1.29. The third-order valence-electron chi connectivity index (χ3n) is 3.13. The van der Waals surface area contributed by atoms with Crippen molar-refractivity contribution in [3.8, 4) is 5.75 Å². The van der Waals surface area contributed by atoms with E-state index in [4.69, 9.17) is 4.74 Å². The Morgan fingerprint density at radius 1 is 1.17 bits per heavy atom. The lowest BCUT2D eigenvalue weighted by Gasteiger charge is -2.06. The van der Waals surface area contributed by atoms with E-state index in [1.807, 2.05) is 24.3 Å². The summed E-state index contributed by atoms with van der Waals surface area (Å²) in [4.78, 5) is 22.7. The van der Waals surface area contributed by atoms with Crippen LogP contribution in [0, 0.1) is 10.1 Å². The number of carbonyl (C=O) groups excluding carboxylic acids is 1. The molecule has 0 saturated heterocycles. The van der Waals surface area contributed by atoms with Crippen LogP contribution in [-0.2, 0) is 10.5 Å². The molecule has 7 heteroatoms. The number of esters is 1. The molecule has 0 atom stereocenters. The molecular formula is C16H15NO5S. The van der Waals surface area contributed by atoms with Crippen LogP contribution in [0.25, 0.3) is 0 Å². The lowest BCUT2D eigenvalue weighted by Crippen LogP contribution is -2.02. The van der Waals surface area contributed by atoms with Gasteiger partial charge in [0.15, 0.2) is 0 Å². The van der Waals surface area contributed by atoms with Crippen molar-refractivity contribution in [1.29, 1.82) is 0 Å². The van der Waals surface area contributed by atoms with Gasteiger partial charge in [-0.15, -0.1) is 11.8 Å². The van der Waals surface area contributed by atoms with E-state index in [9.17, 15) is 14.9 Å². The molecule has 23 heavy (non-hydrogen) atoms. The molecule has 6 nitrogen and oxygen atoms in total. The van der Waals surface area contributed by atoms with Crippen molar-refractivity contribution in [2.24, 2.45) is 0 Å². The van der Waals surface area contributed by atoms with Crippen LogP contribution in [0.2, 0.25) is 0 Å². The molecule has 2 rings (SSSR count). The van der Waals surface area contributed by atoms with Crippen molar-refractivity contribution in [2.45, 2.75) is 10.6 Å². The summed E-state index contributed by atoms with van der Waals surface area (Å²) in [5.41, 5.74) is 1.25. The molecule has 0 fully saturated rings. The SMILES string of the molecule is COC(=O)c1ccc([N+](=O)[O-])c(SCc2ccc(OC)cc2)c1. The Kier molecular flexibility index (Phi) is 5.59. The van der Waals surface area contributed by atoms with E-state index in [1.54, 1.807) is 7.11 Å². The molecule has 0 N–H and O–H groups in total. The Balaban J connectivity index is 2.21. The van der Waals surface area contributed by atoms with Crippen molar-refractivity contribution in [3.63, 3.8) is 0 Å². The fraction of sp³-hybridized carbons (Fsp3) is 0.188. The molecule has 2 aromatic rings. The molecule has 0 saturated carbocycles. The molecular weight excluding hydrogens is 318 g/mol. The van der Waals surface area contributed by atoms with Gasteiger partial charge in [0.1, 0.15) is 5.75 Å². The summed E-state index contributed by atoms with van der Waals surface area (Å²) in [6.45, 7) is 0. The van der Waals surface area contributed by atoms with Crippen LogP contribution < -0.4 is 4.74 Å². The minimum Gasteiger partial charge on any atom is -0.497 e. The zero-order chi connectivity index (χ0) is 16.8. The fourth-order valence-electron chi connectivity index (χ4n) is 1.91. The van der Waals surface area contributed by atoms with Crippen molar-refractivity contribution >= 4 is 23.4 Å². The molecule has 0 amide bonds. The molecule has 0 bridgehead atoms. The Bertz CT molecular complexity index is 715. The quantitative estimate of drug-likeness (QED) is 0.347. The summed E-state index contributed by atoms with van der Waals surface area (Å²) in [5.74, 6) is 0.763. The maximum Gasteiger partial charge on any atom is 0.337 e. The smallest absolute Gasteiger partial charge is 0.337 e. The van der Waals surface area contributed by atoms with Crippen molar-refractivity contribution in [2.75, 3.05) is 14.2 Å². The monoisotopic (exact) mass is 333 g/mol. The summed E-state index contributed by atoms with van der Waals surface area (Å²) in [5, 5.41) is 11.1. The average Bonchev–Trinajstić information content (AvgIpc) is 2.59. The minimum atomic E-state index is -0.522. The van der Waals surface area contributed by atoms with Crippen LogP contribution in [0.3, 0.4) is 0 Å². The lowest BCUT2D eigenvalue weighted by molar-refractivity contribution is -0.387. The van der Waals surface area contributed by atoms with Crippen molar-refractivity contribution in [3.05, 3.63) is 63.7 Å². The molecule has 0 aliphatic rings. The third-order valence-corrected chi connectivity index (χ3v) is 4.25. The predicted molar refractivity (Wildman–Crippen MR) is 87.0 cm³/mol. The van der Waals surface area contributed by atoms with E-state index in [0.29, 0.717) is 10.6 Å². The summed E-state index contributed by atoms with van der Waals surface area (Å²) in [7, 11) is 2.86. The van der Waals surface area contributed by atoms with Crippen LogP contribution in [-0.4, -0.2) is 25.1 Å². The number of thioether (sulfide) groups is 1. The molecule has 0 aliphatic carbocycles. The molecule has 0 radical (unpaired) electrons. The first-order valence-electron chi connectivity index (χ1n) is 6.67. The number of nitrogens with zero attached hydrogens (tertiary/aromatic N) is 1. The highest BCUT2D eigenvalue weighted by molar-refractivity contribution is 7.98. The van der Waals surface area contributed by atoms with Gasteiger partial charge in [-0.2, -0.15) is 0 Å². The molecule has 0 aliphatic heterocycles. The molecule has 0 spiro atoms. The first-order chi connectivity index (χ1) is 11.0. The number of rotatable bonds is 6. The lowest BCUT2D eigenvalue weighted by atomic mass is 10.2. The second kappa shape index (κ2) is 7.64. The van der Waals surface area contributed by atoms with E-state index < -0.39 is 10.9 Å². The normalized spacial score (nSPS) is 10.2. The highest BCUT2D eigenvalue weighted by atomic mass is 32.2. The maximum absolute atomic E-state index is 11.6. The molecule has 0 heterocycles. The molecule has 0 aromatic heterocycles. The standard InChI is InChI=1S/C16H15NO5S/c1-21-13-6-3-11(4-7-13)10-23-15-9-12(16(18)22-2)5-8-14(15)17(19)20/h3-9H,10H2,1-2H3. The number of benzene rings is 2. The van der Waals surface area contributed by atoms with Gasteiger partial charge in [-0.25, -0.2) is 4.79 Å². The number of nitro benzene ring substituents is 1. The molecule has 0 unspecified atom stereocenters. The Hall–Kier alpha value is -2.54. The fourth-order valence-corrected chi connectivity index (χ4v) is 2.92. The van der Waals surface area contributed by atoms with Crippen molar-refractivity contribution in [1.82, 2.24) is 0 Å². The van der Waals surface area contributed by atoms with Gasteiger partial charge >= 0.3 is 5.97 Å². The number of hydrogen-bond acceptors (Lipinski definition) is 6. The summed E-state index contributed by atoms with van der Waals surface area (Å²) < 4.78 is 9.74. The first kappa shape index (κ1) is 16.8. The number of hydrogen-bond donors (Lipinski definition) is 0. The highest BCUT2D eigenvalue weighted by Crippen LogP contribution is 2.32. The predicted octanol–water partition coefficient (Wildman–Crippen LogP) is 3.68. The zero-order valence-corrected chi connectivity index (χ0v) is 13.5. The Morgan fingerprint density at radius 3 is 2.43 bits per heavy atom. The number of methoxy groups -OCH3 is 2. The number of nitro groups is 1. The molecule has 2 aromatic carbocycles. The number of carbonyl (C=O) groups is 1. The second-order valence-corrected chi connectivity index (χ2v) is 5.59. The highest BCUT2D eigenvalue weighted by Gasteiger charge is 2.17. The van der Waals surface area contributed by atoms with Gasteiger partial charge in [-0.05, 0) is 29.8 Å². The molecule has 120 valence electrons. The van der Waals surface area contributed by atoms with Gasteiger partial charge < -0.3 is 9.47 Å². The summed E-state index contributed by atoms with van der Waals surface area (Å²) in [6.07, 6.45) is 0. The van der Waals surface area contributed by atoms with Gasteiger partial charge in [-0.3, -0.25) is 10.1 Å². The van der Waals surface area contributed by atoms with Crippen molar-refractivity contribution < 1.29 is 19.2 Å². The topological polar surface area (TPSA) is 78.7 Å². The third kappa shape index (κ3) is 4.23. The van der Waals surface area contributed by atoms with E-state index >= 15 is 0 Å². The zero-order valence-electron chi connectivity index (χ0n) is 12.6. The van der Waals surface area contributed by atoms with E-state index in [1.165, 1.54) is 37.1 Å².